The van der Waals surface area contributed by atoms with Gasteiger partial charge < -0.3 is 0 Å². The maximum absolute atomic E-state index is 11.3. The van der Waals surface area contributed by atoms with Gasteiger partial charge in [0.1, 0.15) is 5.02 Å². The Kier molecular flexibility index (Phi) is 3.49. The molecular weight excluding hydrogens is 299 g/mol. The van der Waals surface area contributed by atoms with Crippen LogP contribution in [0.15, 0.2) is 10.1 Å². The van der Waals surface area contributed by atoms with Crippen molar-refractivity contribution in [3.05, 3.63) is 10.3 Å². The summed E-state index contributed by atoms with van der Waals surface area (Å²) in [7, 11) is -7.54. The van der Waals surface area contributed by atoms with Gasteiger partial charge in [0.05, 0.1) is 0 Å². The molecule has 0 atom stereocenters. The summed E-state index contributed by atoms with van der Waals surface area (Å²) in [5.41, 5.74) is 0. The normalized spacial score (nSPS) is 12.8. The van der Waals surface area contributed by atoms with Gasteiger partial charge in [-0.1, -0.05) is 11.6 Å². The van der Waals surface area contributed by atoms with E-state index in [1.807, 2.05) is 0 Å². The molecule has 0 amide bonds. The number of halogens is 2. The molecule has 1 aromatic rings. The fraction of sp³-hybridized carbons (Fsp3) is 0.333. The molecule has 1 rings (SSSR count). The number of hydrogen-bond donors (Lipinski definition) is 0. The third kappa shape index (κ3) is 2.82. The van der Waals surface area contributed by atoms with E-state index in [1.54, 1.807) is 0 Å². The predicted molar refractivity (Wildman–Crippen MR) is 58.3 cm³/mol. The van der Waals surface area contributed by atoms with Gasteiger partial charge in [-0.05, 0) is 11.6 Å². The Hall–Kier alpha value is -0.440. The highest BCUT2D eigenvalue weighted by molar-refractivity contribution is 7.91. The van der Waals surface area contributed by atoms with E-state index in [0.29, 0.717) is 0 Å². The Bertz CT molecular complexity index is 585. The quantitative estimate of drug-likeness (QED) is 0.586. The Morgan fingerprint density at radius 3 is 1.44 bits per heavy atom. The molecule has 6 nitrogen and oxygen atoms in total. The van der Waals surface area contributed by atoms with Crippen LogP contribution in [-0.4, -0.2) is 39.3 Å². The Morgan fingerprint density at radius 2 is 1.19 bits per heavy atom. The second kappa shape index (κ2) is 4.10. The van der Waals surface area contributed by atoms with Crippen molar-refractivity contribution in [2.24, 2.45) is 0 Å². The molecular formula is C6H6Cl2N2O4S2. The molecule has 90 valence electrons. The van der Waals surface area contributed by atoms with Crippen LogP contribution in [-0.2, 0) is 19.7 Å². The van der Waals surface area contributed by atoms with Crippen molar-refractivity contribution in [2.75, 3.05) is 12.5 Å². The van der Waals surface area contributed by atoms with Gasteiger partial charge in [0, 0.05) is 12.5 Å². The Morgan fingerprint density at radius 1 is 0.875 bits per heavy atom. The summed E-state index contributed by atoms with van der Waals surface area (Å²) in [5.74, 6) is 0. The summed E-state index contributed by atoms with van der Waals surface area (Å²) < 4.78 is 45.0. The van der Waals surface area contributed by atoms with Crippen LogP contribution in [0.1, 0.15) is 0 Å². The lowest BCUT2D eigenvalue weighted by Crippen LogP contribution is -2.09. The maximum atomic E-state index is 11.3. The highest BCUT2D eigenvalue weighted by atomic mass is 35.5. The van der Waals surface area contributed by atoms with E-state index in [-0.39, 0.29) is 0 Å². The van der Waals surface area contributed by atoms with Gasteiger partial charge in [-0.3, -0.25) is 0 Å². The van der Waals surface area contributed by atoms with E-state index in [9.17, 15) is 16.8 Å². The highest BCUT2D eigenvalue weighted by Gasteiger charge is 2.25. The number of aromatic nitrogens is 2. The molecule has 0 aliphatic carbocycles. The van der Waals surface area contributed by atoms with Crippen LogP contribution in [0, 0.1) is 0 Å². The molecule has 10 heteroatoms. The fourth-order valence-corrected chi connectivity index (χ4v) is 3.48. The smallest absolute Gasteiger partial charge is 0.222 e. The average Bonchev–Trinajstić information content (AvgIpc) is 2.04. The van der Waals surface area contributed by atoms with Crippen LogP contribution >= 0.6 is 23.2 Å². The summed E-state index contributed by atoms with van der Waals surface area (Å²) in [6, 6.07) is 0. The molecule has 0 saturated carbocycles. The third-order valence-electron chi connectivity index (χ3n) is 1.47. The molecule has 0 saturated heterocycles. The first kappa shape index (κ1) is 13.6. The number of sulfone groups is 2. The molecule has 0 bridgehead atoms. The second-order valence-electron chi connectivity index (χ2n) is 2.96. The number of nitrogens with zero attached hydrogens (tertiary/aromatic N) is 2. The lowest BCUT2D eigenvalue weighted by Gasteiger charge is -2.05. The monoisotopic (exact) mass is 304 g/mol. The van der Waals surface area contributed by atoms with Crippen molar-refractivity contribution in [1.29, 1.82) is 0 Å². The van der Waals surface area contributed by atoms with E-state index in [2.05, 4.69) is 9.97 Å². The van der Waals surface area contributed by atoms with Crippen LogP contribution in [0.4, 0.5) is 0 Å². The first-order valence-corrected chi connectivity index (χ1v) is 8.20. The molecule has 0 aliphatic rings. The molecule has 0 unspecified atom stereocenters. The van der Waals surface area contributed by atoms with Gasteiger partial charge in [0.2, 0.25) is 5.28 Å². The van der Waals surface area contributed by atoms with Gasteiger partial charge in [-0.25, -0.2) is 26.8 Å². The molecule has 16 heavy (non-hydrogen) atoms. The van der Waals surface area contributed by atoms with Gasteiger partial charge >= 0.3 is 0 Å². The number of hydrogen-bond acceptors (Lipinski definition) is 6. The van der Waals surface area contributed by atoms with Crippen LogP contribution in [0.3, 0.4) is 0 Å². The van der Waals surface area contributed by atoms with Crippen LogP contribution < -0.4 is 0 Å². The molecule has 0 fully saturated rings. The van der Waals surface area contributed by atoms with Crippen molar-refractivity contribution in [3.8, 4) is 0 Å². The molecule has 0 radical (unpaired) electrons. The largest absolute Gasteiger partial charge is 0.224 e. The zero-order valence-electron chi connectivity index (χ0n) is 8.10. The van der Waals surface area contributed by atoms with Gasteiger partial charge in [0.15, 0.2) is 29.7 Å². The molecule has 1 heterocycles. The molecule has 0 spiro atoms. The zero-order chi connectivity index (χ0) is 12.7. The summed E-state index contributed by atoms with van der Waals surface area (Å²) >= 11 is 11.0. The molecule has 0 N–H and O–H groups in total. The van der Waals surface area contributed by atoms with E-state index < -0.39 is 40.0 Å². The van der Waals surface area contributed by atoms with E-state index in [0.717, 1.165) is 12.5 Å². The minimum Gasteiger partial charge on any atom is -0.222 e. The molecule has 0 aromatic carbocycles. The van der Waals surface area contributed by atoms with Crippen molar-refractivity contribution in [1.82, 2.24) is 9.97 Å². The predicted octanol–water partition coefficient (Wildman–Crippen LogP) is 0.590. The molecule has 0 aliphatic heterocycles. The average molecular weight is 305 g/mol. The summed E-state index contributed by atoms with van der Waals surface area (Å²) in [5, 5.41) is -2.25. The Labute approximate surface area is 102 Å². The van der Waals surface area contributed by atoms with Crippen LogP contribution in [0.5, 0.6) is 0 Å². The van der Waals surface area contributed by atoms with Crippen molar-refractivity contribution >= 4 is 42.9 Å². The van der Waals surface area contributed by atoms with E-state index in [4.69, 9.17) is 23.2 Å². The highest BCUT2D eigenvalue weighted by Crippen LogP contribution is 2.27. The molecule has 1 aromatic heterocycles. The van der Waals surface area contributed by atoms with E-state index in [1.165, 1.54) is 0 Å². The third-order valence-corrected chi connectivity index (χ3v) is 4.21. The summed E-state index contributed by atoms with van der Waals surface area (Å²) in [4.78, 5) is 6.78. The van der Waals surface area contributed by atoms with Crippen LogP contribution in [0.2, 0.25) is 10.3 Å². The fourth-order valence-electron chi connectivity index (χ4n) is 0.874. The number of rotatable bonds is 2. The van der Waals surface area contributed by atoms with Crippen LogP contribution in [0.25, 0.3) is 0 Å². The summed E-state index contributed by atoms with van der Waals surface area (Å²) in [6.07, 6.45) is 1.67. The first-order valence-electron chi connectivity index (χ1n) is 3.66. The zero-order valence-corrected chi connectivity index (χ0v) is 11.2. The summed E-state index contributed by atoms with van der Waals surface area (Å²) in [6.45, 7) is 0. The van der Waals surface area contributed by atoms with Gasteiger partial charge in [-0.15, -0.1) is 0 Å². The Balaban J connectivity index is 3.78. The van der Waals surface area contributed by atoms with Gasteiger partial charge in [0.25, 0.3) is 0 Å². The SMILES string of the molecule is CS(=O)(=O)c1nc(Cl)nc(S(C)(=O)=O)c1Cl. The van der Waals surface area contributed by atoms with Gasteiger partial charge in [-0.2, -0.15) is 0 Å². The van der Waals surface area contributed by atoms with Crippen molar-refractivity contribution < 1.29 is 16.8 Å². The minimum atomic E-state index is -3.77. The standard InChI is InChI=1S/C6H6Cl2N2O4S2/c1-15(11,12)4-3(7)5(16(2,13)14)10-6(8)9-4/h1-2H3. The second-order valence-corrected chi connectivity index (χ2v) is 7.54. The van der Waals surface area contributed by atoms with E-state index >= 15 is 0 Å². The maximum Gasteiger partial charge on any atom is 0.224 e. The minimum absolute atomic E-state index is 0.495. The lowest BCUT2D eigenvalue weighted by molar-refractivity contribution is 0.593. The topological polar surface area (TPSA) is 94.1 Å². The first-order chi connectivity index (χ1) is 7.03. The van der Waals surface area contributed by atoms with Crippen molar-refractivity contribution in [3.63, 3.8) is 0 Å². The lowest BCUT2D eigenvalue weighted by atomic mass is 10.7. The van der Waals surface area contributed by atoms with Crippen molar-refractivity contribution in [2.45, 2.75) is 10.1 Å².